The van der Waals surface area contributed by atoms with Gasteiger partial charge in [-0.15, -0.1) is 11.8 Å². The third-order valence-electron chi connectivity index (χ3n) is 3.17. The van der Waals surface area contributed by atoms with Crippen molar-refractivity contribution >= 4 is 23.5 Å². The smallest absolute Gasteiger partial charge is 0.226 e. The molecule has 0 N–H and O–H groups in total. The molecular formula is C14H17NO2S. The predicted octanol–water partition coefficient (Wildman–Crippen LogP) is 2.11. The Morgan fingerprint density at radius 2 is 2.11 bits per heavy atom. The summed E-state index contributed by atoms with van der Waals surface area (Å²) in [4.78, 5) is 24.9. The van der Waals surface area contributed by atoms with Crippen LogP contribution in [-0.2, 0) is 16.0 Å². The highest BCUT2D eigenvalue weighted by Gasteiger charge is 2.36. The molecule has 0 aliphatic carbocycles. The zero-order chi connectivity index (χ0) is 13.0. The van der Waals surface area contributed by atoms with E-state index in [2.05, 4.69) is 0 Å². The van der Waals surface area contributed by atoms with Gasteiger partial charge in [0.1, 0.15) is 0 Å². The Morgan fingerprint density at radius 1 is 1.39 bits per heavy atom. The van der Waals surface area contributed by atoms with Crippen molar-refractivity contribution in [3.8, 4) is 0 Å². The van der Waals surface area contributed by atoms with E-state index in [1.807, 2.05) is 36.6 Å². The van der Waals surface area contributed by atoms with Crippen LogP contribution in [-0.4, -0.2) is 34.8 Å². The number of carbonyl (C=O) groups excluding carboxylic acids is 2. The number of benzene rings is 1. The predicted molar refractivity (Wildman–Crippen MR) is 73.4 cm³/mol. The summed E-state index contributed by atoms with van der Waals surface area (Å²) in [6.45, 7) is 0.275. The van der Waals surface area contributed by atoms with Gasteiger partial charge in [0.15, 0.2) is 5.78 Å². The number of aryl methyl sites for hydroxylation is 1. The maximum absolute atomic E-state index is 11.8. The molecule has 2 rings (SSSR count). The Labute approximate surface area is 112 Å². The number of ketones is 1. The van der Waals surface area contributed by atoms with E-state index in [0.717, 1.165) is 6.42 Å². The van der Waals surface area contributed by atoms with Crippen molar-refractivity contribution in [3.63, 3.8) is 0 Å². The van der Waals surface area contributed by atoms with Gasteiger partial charge in [-0.05, 0) is 18.2 Å². The Hall–Kier alpha value is -1.29. The van der Waals surface area contributed by atoms with Gasteiger partial charge < -0.3 is 4.90 Å². The first-order valence-electron chi connectivity index (χ1n) is 6.08. The molecule has 18 heavy (non-hydrogen) atoms. The molecule has 3 nitrogen and oxygen atoms in total. The fraction of sp³-hybridized carbons (Fsp3) is 0.429. The van der Waals surface area contributed by atoms with E-state index < -0.39 is 0 Å². The number of rotatable bonds is 6. The molecule has 0 spiro atoms. The summed E-state index contributed by atoms with van der Waals surface area (Å²) >= 11 is 1.63. The first-order chi connectivity index (χ1) is 8.70. The highest BCUT2D eigenvalue weighted by Crippen LogP contribution is 2.27. The van der Waals surface area contributed by atoms with E-state index in [0.29, 0.717) is 12.8 Å². The van der Waals surface area contributed by atoms with E-state index in [1.54, 1.807) is 16.7 Å². The number of hydrogen-bond donors (Lipinski definition) is 0. The van der Waals surface area contributed by atoms with Crippen molar-refractivity contribution in [2.75, 3.05) is 12.8 Å². The van der Waals surface area contributed by atoms with Gasteiger partial charge in [-0.3, -0.25) is 9.59 Å². The van der Waals surface area contributed by atoms with Crippen molar-refractivity contribution in [2.45, 2.75) is 24.6 Å². The lowest BCUT2D eigenvalue weighted by atomic mass is 10.1. The first kappa shape index (κ1) is 13.1. The molecule has 0 saturated carbocycles. The Bertz CT molecular complexity index is 433. The Balaban J connectivity index is 1.77. The summed E-state index contributed by atoms with van der Waals surface area (Å²) in [7, 11) is 0. The van der Waals surface area contributed by atoms with Crippen molar-refractivity contribution in [1.29, 1.82) is 0 Å². The minimum Gasteiger partial charge on any atom is -0.323 e. The molecule has 96 valence electrons. The summed E-state index contributed by atoms with van der Waals surface area (Å²) < 4.78 is 0. The highest BCUT2D eigenvalue weighted by atomic mass is 32.2. The third kappa shape index (κ3) is 3.13. The molecular weight excluding hydrogens is 246 g/mol. The lowest BCUT2D eigenvalue weighted by Crippen LogP contribution is -2.52. The van der Waals surface area contributed by atoms with Crippen LogP contribution < -0.4 is 0 Å². The Morgan fingerprint density at radius 3 is 2.72 bits per heavy atom. The zero-order valence-corrected chi connectivity index (χ0v) is 11.3. The minimum atomic E-state index is 0.0995. The minimum absolute atomic E-state index is 0.0995. The summed E-state index contributed by atoms with van der Waals surface area (Å²) in [5, 5.41) is 0.207. The molecule has 1 fully saturated rings. The largest absolute Gasteiger partial charge is 0.323 e. The molecule has 1 aliphatic rings. The van der Waals surface area contributed by atoms with Crippen molar-refractivity contribution < 1.29 is 9.59 Å². The van der Waals surface area contributed by atoms with Crippen LogP contribution in [0.4, 0.5) is 0 Å². The van der Waals surface area contributed by atoms with Crippen LogP contribution in [0.1, 0.15) is 18.4 Å². The van der Waals surface area contributed by atoms with Crippen LogP contribution in [0.2, 0.25) is 0 Å². The summed E-state index contributed by atoms with van der Waals surface area (Å²) in [6.07, 6.45) is 3.81. The van der Waals surface area contributed by atoms with Gasteiger partial charge in [0.2, 0.25) is 5.91 Å². The Kier molecular flexibility index (Phi) is 4.42. The second kappa shape index (κ2) is 6.05. The second-order valence-corrected chi connectivity index (χ2v) is 5.46. The van der Waals surface area contributed by atoms with Crippen LogP contribution in [0.5, 0.6) is 0 Å². The van der Waals surface area contributed by atoms with Crippen LogP contribution in [0, 0.1) is 0 Å². The highest BCUT2D eigenvalue weighted by molar-refractivity contribution is 7.99. The zero-order valence-electron chi connectivity index (χ0n) is 10.5. The number of carbonyl (C=O) groups is 2. The van der Waals surface area contributed by atoms with Crippen molar-refractivity contribution in [2.24, 2.45) is 0 Å². The molecule has 1 aromatic rings. The van der Waals surface area contributed by atoms with Gasteiger partial charge >= 0.3 is 0 Å². The quantitative estimate of drug-likeness (QED) is 0.738. The molecule has 1 heterocycles. The number of hydrogen-bond acceptors (Lipinski definition) is 3. The maximum Gasteiger partial charge on any atom is 0.226 e. The molecule has 4 heteroatoms. The van der Waals surface area contributed by atoms with Crippen molar-refractivity contribution in [1.82, 2.24) is 4.90 Å². The summed E-state index contributed by atoms with van der Waals surface area (Å²) in [5.41, 5.74) is 1.17. The lowest BCUT2D eigenvalue weighted by molar-refractivity contribution is -0.144. The second-order valence-electron chi connectivity index (χ2n) is 4.44. The van der Waals surface area contributed by atoms with E-state index in [1.165, 1.54) is 5.56 Å². The van der Waals surface area contributed by atoms with E-state index >= 15 is 0 Å². The number of nitrogens with zero attached hydrogens (tertiary/aromatic N) is 1. The van der Waals surface area contributed by atoms with Gasteiger partial charge in [-0.2, -0.15) is 0 Å². The molecule has 1 saturated heterocycles. The van der Waals surface area contributed by atoms with Gasteiger partial charge in [0.25, 0.3) is 0 Å². The fourth-order valence-corrected chi connectivity index (χ4v) is 2.78. The monoisotopic (exact) mass is 263 g/mol. The molecule has 1 aromatic carbocycles. The van der Waals surface area contributed by atoms with Gasteiger partial charge in [-0.1, -0.05) is 30.3 Å². The van der Waals surface area contributed by atoms with Gasteiger partial charge in [0.05, 0.1) is 18.3 Å². The molecule has 1 aliphatic heterocycles. The molecule has 0 radical (unpaired) electrons. The fourth-order valence-electron chi connectivity index (χ4n) is 2.02. The van der Waals surface area contributed by atoms with E-state index in [9.17, 15) is 9.59 Å². The van der Waals surface area contributed by atoms with E-state index in [4.69, 9.17) is 0 Å². The maximum atomic E-state index is 11.8. The number of β-lactam (4-membered cyclic amide) rings is 1. The molecule has 0 aromatic heterocycles. The summed E-state index contributed by atoms with van der Waals surface area (Å²) in [5.74, 6) is 0.244. The first-order valence-corrected chi connectivity index (χ1v) is 7.37. The van der Waals surface area contributed by atoms with Gasteiger partial charge in [0, 0.05) is 6.42 Å². The molecule has 1 amide bonds. The topological polar surface area (TPSA) is 37.4 Å². The van der Waals surface area contributed by atoms with Crippen LogP contribution in [0.3, 0.4) is 0 Å². The van der Waals surface area contributed by atoms with Gasteiger partial charge in [-0.25, -0.2) is 0 Å². The number of amides is 1. The average molecular weight is 263 g/mol. The average Bonchev–Trinajstić information content (AvgIpc) is 2.41. The lowest BCUT2D eigenvalue weighted by Gasteiger charge is -2.38. The standard InChI is InChI=1S/C14H17NO2S/c1-18-14-9-13(17)15(14)10-12(16)8-7-11-5-3-2-4-6-11/h2-6,14H,7-10H2,1H3. The number of thioether (sulfide) groups is 1. The molecule has 1 unspecified atom stereocenters. The number of Topliss-reactive ketones (excluding diaryl/α,β-unsaturated/α-hetero) is 1. The molecule has 1 atom stereocenters. The van der Waals surface area contributed by atoms with Crippen LogP contribution >= 0.6 is 11.8 Å². The third-order valence-corrected chi connectivity index (χ3v) is 4.14. The normalized spacial score (nSPS) is 18.6. The van der Waals surface area contributed by atoms with Crippen LogP contribution in [0.15, 0.2) is 30.3 Å². The summed E-state index contributed by atoms with van der Waals surface area (Å²) in [6, 6.07) is 9.96. The number of likely N-dealkylation sites (tertiary alicyclic amines) is 1. The SMILES string of the molecule is CSC1CC(=O)N1CC(=O)CCc1ccccc1. The van der Waals surface area contributed by atoms with Crippen molar-refractivity contribution in [3.05, 3.63) is 35.9 Å². The van der Waals surface area contributed by atoms with E-state index in [-0.39, 0.29) is 23.6 Å². The van der Waals surface area contributed by atoms with Crippen LogP contribution in [0.25, 0.3) is 0 Å². The molecule has 0 bridgehead atoms.